The second kappa shape index (κ2) is 7.24. The molecule has 5 rings (SSSR count). The largest absolute Gasteiger partial charge is 0.380 e. The van der Waals surface area contributed by atoms with Gasteiger partial charge in [0.15, 0.2) is 11.6 Å². The summed E-state index contributed by atoms with van der Waals surface area (Å²) in [6, 6.07) is 29.2. The molecule has 1 heterocycles. The zero-order valence-corrected chi connectivity index (χ0v) is 16.7. The summed E-state index contributed by atoms with van der Waals surface area (Å²) in [7, 11) is -3.96. The van der Waals surface area contributed by atoms with Gasteiger partial charge < -0.3 is 4.84 Å². The van der Waals surface area contributed by atoms with Crippen LogP contribution in [0.2, 0.25) is 0 Å². The molecule has 0 bridgehead atoms. The first-order valence-electron chi connectivity index (χ1n) is 9.46. The van der Waals surface area contributed by atoms with E-state index in [1.165, 1.54) is 4.31 Å². The maximum absolute atomic E-state index is 13.9. The van der Waals surface area contributed by atoms with Crippen molar-refractivity contribution in [2.45, 2.75) is 4.90 Å². The SMILES string of the molecule is O=S(=O)(c1cccc2ccccc12)N(C1=Cc2ccccc2ON1)c1ccccc1. The highest BCUT2D eigenvalue weighted by atomic mass is 32.2. The van der Waals surface area contributed by atoms with E-state index in [0.717, 1.165) is 10.9 Å². The summed E-state index contributed by atoms with van der Waals surface area (Å²) in [6.07, 6.45) is 1.77. The summed E-state index contributed by atoms with van der Waals surface area (Å²) in [4.78, 5) is 5.86. The molecule has 1 N–H and O–H groups in total. The van der Waals surface area contributed by atoms with Crippen molar-refractivity contribution in [2.24, 2.45) is 0 Å². The Kier molecular flexibility index (Phi) is 4.41. The monoisotopic (exact) mass is 414 g/mol. The molecule has 0 aliphatic carbocycles. The van der Waals surface area contributed by atoms with Gasteiger partial charge in [0.1, 0.15) is 0 Å². The van der Waals surface area contributed by atoms with Crippen molar-refractivity contribution in [1.29, 1.82) is 0 Å². The van der Waals surface area contributed by atoms with Gasteiger partial charge in [-0.25, -0.2) is 18.2 Å². The molecule has 0 saturated heterocycles. The van der Waals surface area contributed by atoms with E-state index in [2.05, 4.69) is 5.48 Å². The first-order chi connectivity index (χ1) is 14.6. The molecule has 4 aromatic rings. The number of fused-ring (bicyclic) bond motifs is 2. The Balaban J connectivity index is 1.73. The average molecular weight is 414 g/mol. The molecular weight excluding hydrogens is 396 g/mol. The van der Waals surface area contributed by atoms with Crippen LogP contribution in [-0.4, -0.2) is 8.42 Å². The Morgan fingerprint density at radius 3 is 2.30 bits per heavy atom. The minimum atomic E-state index is -3.96. The number of nitrogens with one attached hydrogen (secondary N) is 1. The molecule has 5 nitrogen and oxygen atoms in total. The van der Waals surface area contributed by atoms with Crippen molar-refractivity contribution in [3.63, 3.8) is 0 Å². The Morgan fingerprint density at radius 1 is 0.733 bits per heavy atom. The lowest BCUT2D eigenvalue weighted by atomic mass is 10.1. The third-order valence-electron chi connectivity index (χ3n) is 4.95. The number of rotatable bonds is 4. The molecule has 1 aliphatic heterocycles. The van der Waals surface area contributed by atoms with E-state index in [4.69, 9.17) is 4.84 Å². The molecular formula is C24H18N2O3S. The molecule has 0 aromatic heterocycles. The van der Waals surface area contributed by atoms with E-state index < -0.39 is 10.0 Å². The minimum absolute atomic E-state index is 0.228. The lowest BCUT2D eigenvalue weighted by molar-refractivity contribution is 0.224. The number of hydrogen-bond donors (Lipinski definition) is 1. The summed E-state index contributed by atoms with van der Waals surface area (Å²) in [6.45, 7) is 0. The fraction of sp³-hybridized carbons (Fsp3) is 0. The molecule has 0 spiro atoms. The summed E-state index contributed by atoms with van der Waals surface area (Å²) in [5.74, 6) is 0.949. The first kappa shape index (κ1) is 18.3. The van der Waals surface area contributed by atoms with Crippen molar-refractivity contribution in [1.82, 2.24) is 5.48 Å². The molecule has 0 fully saturated rings. The van der Waals surface area contributed by atoms with Crippen molar-refractivity contribution in [3.8, 4) is 5.75 Å². The minimum Gasteiger partial charge on any atom is -0.380 e. The molecule has 0 atom stereocenters. The van der Waals surface area contributed by atoms with Crippen molar-refractivity contribution < 1.29 is 13.3 Å². The normalized spacial score (nSPS) is 13.0. The Morgan fingerprint density at radius 2 is 1.43 bits per heavy atom. The van der Waals surface area contributed by atoms with E-state index in [-0.39, 0.29) is 4.90 Å². The summed E-state index contributed by atoms with van der Waals surface area (Å²) in [5.41, 5.74) is 4.10. The lowest BCUT2D eigenvalue weighted by Gasteiger charge is -2.30. The van der Waals surface area contributed by atoms with Gasteiger partial charge in [0.25, 0.3) is 10.0 Å². The lowest BCUT2D eigenvalue weighted by Crippen LogP contribution is -2.39. The summed E-state index contributed by atoms with van der Waals surface area (Å²) >= 11 is 0. The third kappa shape index (κ3) is 3.07. The quantitative estimate of drug-likeness (QED) is 0.514. The predicted molar refractivity (Wildman–Crippen MR) is 118 cm³/mol. The van der Waals surface area contributed by atoms with Gasteiger partial charge in [-0.15, -0.1) is 0 Å². The fourth-order valence-corrected chi connectivity index (χ4v) is 5.23. The van der Waals surface area contributed by atoms with Crippen molar-refractivity contribution >= 4 is 32.6 Å². The van der Waals surface area contributed by atoms with Crippen LogP contribution in [0.5, 0.6) is 5.75 Å². The Hall–Kier alpha value is -3.77. The number of sulfonamides is 1. The Labute approximate surface area is 174 Å². The average Bonchev–Trinajstić information content (AvgIpc) is 2.79. The summed E-state index contributed by atoms with van der Waals surface area (Å²) in [5, 5.41) is 1.53. The van der Waals surface area contributed by atoms with Gasteiger partial charge in [-0.1, -0.05) is 72.8 Å². The third-order valence-corrected chi connectivity index (χ3v) is 6.75. The zero-order chi connectivity index (χ0) is 20.6. The molecule has 148 valence electrons. The van der Waals surface area contributed by atoms with Crippen LogP contribution in [-0.2, 0) is 10.0 Å². The maximum atomic E-state index is 13.9. The van der Waals surface area contributed by atoms with Gasteiger partial charge in [-0.05, 0) is 35.7 Å². The summed E-state index contributed by atoms with van der Waals surface area (Å²) < 4.78 is 29.2. The molecule has 0 saturated carbocycles. The van der Waals surface area contributed by atoms with Crippen molar-refractivity contribution in [3.05, 3.63) is 108 Å². The number of hydrogen-bond acceptors (Lipinski definition) is 4. The van der Waals surface area contributed by atoms with E-state index in [9.17, 15) is 8.42 Å². The number of benzene rings is 4. The van der Waals surface area contributed by atoms with Crippen LogP contribution in [0.1, 0.15) is 5.56 Å². The molecule has 30 heavy (non-hydrogen) atoms. The molecule has 0 unspecified atom stereocenters. The highest BCUT2D eigenvalue weighted by molar-refractivity contribution is 7.93. The number of anilines is 1. The van der Waals surface area contributed by atoms with Gasteiger partial charge in [0.05, 0.1) is 10.6 Å². The highest BCUT2D eigenvalue weighted by Crippen LogP contribution is 2.34. The Bertz CT molecular complexity index is 1360. The fourth-order valence-electron chi connectivity index (χ4n) is 3.57. The molecule has 6 heteroatoms. The van der Waals surface area contributed by atoms with E-state index in [0.29, 0.717) is 22.6 Å². The molecule has 4 aromatic carbocycles. The maximum Gasteiger partial charge on any atom is 0.270 e. The second-order valence-corrected chi connectivity index (χ2v) is 8.61. The molecule has 0 radical (unpaired) electrons. The van der Waals surface area contributed by atoms with Crippen LogP contribution in [0.4, 0.5) is 5.69 Å². The predicted octanol–water partition coefficient (Wildman–Crippen LogP) is 4.93. The topological polar surface area (TPSA) is 58.6 Å². The van der Waals surface area contributed by atoms with Gasteiger partial charge in [-0.2, -0.15) is 0 Å². The standard InChI is InChI=1S/C24H18N2O3S/c27-30(28,23-16-8-11-18-9-4-6-14-21(18)23)26(20-12-2-1-3-13-20)24-17-19-10-5-7-15-22(19)29-25-24/h1-17,25H. The van der Waals surface area contributed by atoms with Crippen LogP contribution in [0.15, 0.2) is 108 Å². The van der Waals surface area contributed by atoms with E-state index >= 15 is 0 Å². The van der Waals surface area contributed by atoms with E-state index in [1.54, 1.807) is 42.5 Å². The number of para-hydroxylation sites is 2. The van der Waals surface area contributed by atoms with Crippen LogP contribution in [0.25, 0.3) is 16.8 Å². The zero-order valence-electron chi connectivity index (χ0n) is 15.9. The van der Waals surface area contributed by atoms with Crippen LogP contribution >= 0.6 is 0 Å². The van der Waals surface area contributed by atoms with Crippen LogP contribution in [0.3, 0.4) is 0 Å². The second-order valence-electron chi connectivity index (χ2n) is 6.85. The highest BCUT2D eigenvalue weighted by Gasteiger charge is 2.31. The smallest absolute Gasteiger partial charge is 0.270 e. The van der Waals surface area contributed by atoms with Crippen molar-refractivity contribution in [2.75, 3.05) is 4.31 Å². The molecule has 0 amide bonds. The van der Waals surface area contributed by atoms with Gasteiger partial charge in [-0.3, -0.25) is 0 Å². The van der Waals surface area contributed by atoms with Crippen LogP contribution in [0, 0.1) is 0 Å². The van der Waals surface area contributed by atoms with Gasteiger partial charge in [0, 0.05) is 10.9 Å². The molecule has 1 aliphatic rings. The number of nitrogens with zero attached hydrogens (tertiary/aromatic N) is 1. The first-order valence-corrected chi connectivity index (χ1v) is 10.9. The van der Waals surface area contributed by atoms with Gasteiger partial charge >= 0.3 is 0 Å². The van der Waals surface area contributed by atoms with Gasteiger partial charge in [0.2, 0.25) is 0 Å². The van der Waals surface area contributed by atoms with Crippen LogP contribution < -0.4 is 14.6 Å². The number of hydroxylamine groups is 1. The van der Waals surface area contributed by atoms with E-state index in [1.807, 2.05) is 60.7 Å².